The lowest BCUT2D eigenvalue weighted by atomic mass is 9.83. The second-order valence-corrected chi connectivity index (χ2v) is 11.1. The number of ether oxygens (including phenoxy) is 1. The quantitative estimate of drug-likeness (QED) is 0.343. The predicted molar refractivity (Wildman–Crippen MR) is 138 cm³/mol. The number of hydrogen-bond donors (Lipinski definition) is 3. The van der Waals surface area contributed by atoms with Gasteiger partial charge in [-0.3, -0.25) is 9.36 Å². The van der Waals surface area contributed by atoms with Crippen molar-refractivity contribution < 1.29 is 24.1 Å². The first kappa shape index (κ1) is 28.3. The number of aliphatic hydroxyl groups excluding tert-OH is 2. The second-order valence-electron chi connectivity index (χ2n) is 10.00. The molecule has 3 rings (SSSR count). The Morgan fingerprint density at radius 1 is 1.25 bits per heavy atom. The molecule has 0 saturated carbocycles. The minimum atomic E-state index is -0.853. The van der Waals surface area contributed by atoms with Crippen LogP contribution in [0.3, 0.4) is 0 Å². The highest BCUT2D eigenvalue weighted by molar-refractivity contribution is 7.98. The number of aliphatic hydroxyl groups is 2. The van der Waals surface area contributed by atoms with Crippen LogP contribution in [-0.4, -0.2) is 50.2 Å². The molecule has 3 N–H and O–H groups in total. The number of halogens is 1. The van der Waals surface area contributed by atoms with Crippen molar-refractivity contribution in [3.8, 4) is 0 Å². The van der Waals surface area contributed by atoms with Crippen molar-refractivity contribution in [3.05, 3.63) is 58.4 Å². The zero-order valence-corrected chi connectivity index (χ0v) is 21.7. The van der Waals surface area contributed by atoms with E-state index in [9.17, 15) is 24.2 Å². The van der Waals surface area contributed by atoms with Crippen LogP contribution in [0.15, 0.2) is 41.3 Å². The van der Waals surface area contributed by atoms with Crippen molar-refractivity contribution in [2.45, 2.75) is 76.6 Å². The first-order chi connectivity index (χ1) is 17.2. The van der Waals surface area contributed by atoms with E-state index < -0.39 is 24.1 Å². The molecule has 1 aliphatic rings. The molecule has 2 aromatic rings. The van der Waals surface area contributed by atoms with Crippen LogP contribution in [0, 0.1) is 11.2 Å². The van der Waals surface area contributed by atoms with Crippen LogP contribution in [0.5, 0.6) is 0 Å². The van der Waals surface area contributed by atoms with Gasteiger partial charge < -0.3 is 20.3 Å². The van der Waals surface area contributed by atoms with E-state index in [-0.39, 0.29) is 36.0 Å². The molecule has 10 heteroatoms. The van der Waals surface area contributed by atoms with E-state index in [0.29, 0.717) is 6.42 Å². The third kappa shape index (κ3) is 8.69. The smallest absolute Gasteiger partial charge is 0.351 e. The number of nitrogens with one attached hydrogen (secondary N) is 1. The van der Waals surface area contributed by atoms with Gasteiger partial charge in [-0.15, -0.1) is 0 Å². The summed E-state index contributed by atoms with van der Waals surface area (Å²) >= 11 is 1.84. The van der Waals surface area contributed by atoms with Crippen molar-refractivity contribution in [1.82, 2.24) is 9.55 Å². The first-order valence-electron chi connectivity index (χ1n) is 12.3. The monoisotopic (exact) mass is 521 g/mol. The van der Waals surface area contributed by atoms with E-state index >= 15 is 0 Å². The number of amides is 1. The van der Waals surface area contributed by atoms with Crippen molar-refractivity contribution >= 4 is 23.5 Å². The van der Waals surface area contributed by atoms with Gasteiger partial charge in [0.15, 0.2) is 0 Å². The molecule has 1 unspecified atom stereocenters. The summed E-state index contributed by atoms with van der Waals surface area (Å²) in [5.41, 5.74) is 0.342. The normalized spacial score (nSPS) is 20.0. The standard InChI is InChI=1S/C26H36FN3O5S/c1-26(2,11-4-3-5-13-36-17-18-6-8-19(27)9-7-18)15-23(33)28-22-10-12-30(25(34)29-22)24-14-20(32)21(16-31)35-24/h6-10,12,20-21,24,31-32H,3-5,11,13-17H2,1-2H3,(H,28,29,33,34)/t20?,21-,24-/m1/s1. The van der Waals surface area contributed by atoms with Gasteiger partial charge >= 0.3 is 5.69 Å². The number of nitrogens with zero attached hydrogens (tertiary/aromatic N) is 2. The zero-order valence-electron chi connectivity index (χ0n) is 20.9. The molecule has 198 valence electrons. The van der Waals surface area contributed by atoms with Crippen molar-refractivity contribution in [1.29, 1.82) is 0 Å². The summed E-state index contributed by atoms with van der Waals surface area (Å²) in [5, 5.41) is 21.8. The Morgan fingerprint density at radius 2 is 2.00 bits per heavy atom. The summed E-state index contributed by atoms with van der Waals surface area (Å²) in [5.74, 6) is 1.68. The molecule has 1 saturated heterocycles. The van der Waals surface area contributed by atoms with Gasteiger partial charge in [0.25, 0.3) is 0 Å². The molecule has 1 aromatic heterocycles. The lowest BCUT2D eigenvalue weighted by Gasteiger charge is -2.23. The average molecular weight is 522 g/mol. The van der Waals surface area contributed by atoms with Gasteiger partial charge in [0.1, 0.15) is 24.0 Å². The van der Waals surface area contributed by atoms with E-state index in [1.54, 1.807) is 0 Å². The maximum Gasteiger partial charge on any atom is 0.351 e. The highest BCUT2D eigenvalue weighted by Gasteiger charge is 2.35. The van der Waals surface area contributed by atoms with Gasteiger partial charge in [-0.25, -0.2) is 9.18 Å². The Balaban J connectivity index is 1.35. The molecule has 36 heavy (non-hydrogen) atoms. The highest BCUT2D eigenvalue weighted by Crippen LogP contribution is 2.29. The van der Waals surface area contributed by atoms with Gasteiger partial charge in [0.2, 0.25) is 5.91 Å². The highest BCUT2D eigenvalue weighted by atomic mass is 32.2. The zero-order chi connectivity index (χ0) is 26.1. The molecular weight excluding hydrogens is 485 g/mol. The predicted octanol–water partition coefficient (Wildman–Crippen LogP) is 3.87. The maximum atomic E-state index is 12.9. The van der Waals surface area contributed by atoms with Crippen LogP contribution in [0.25, 0.3) is 0 Å². The van der Waals surface area contributed by atoms with Crippen LogP contribution < -0.4 is 11.0 Å². The molecule has 1 fully saturated rings. The van der Waals surface area contributed by atoms with Gasteiger partial charge in [0.05, 0.1) is 12.7 Å². The van der Waals surface area contributed by atoms with Crippen LogP contribution in [0.4, 0.5) is 10.2 Å². The topological polar surface area (TPSA) is 114 Å². The number of carbonyl (C=O) groups is 1. The minimum Gasteiger partial charge on any atom is -0.394 e. The summed E-state index contributed by atoms with van der Waals surface area (Å²) < 4.78 is 19.7. The van der Waals surface area contributed by atoms with Gasteiger partial charge in [-0.2, -0.15) is 16.7 Å². The SMILES string of the molecule is CC(C)(CCCCCSCc1ccc(F)cc1)CC(=O)Nc1ccn([C@H]2CC(O)[C@@H](CO)O2)c(=O)n1. The Morgan fingerprint density at radius 3 is 2.67 bits per heavy atom. The molecule has 0 spiro atoms. The number of rotatable bonds is 13. The van der Waals surface area contributed by atoms with Crippen LogP contribution >= 0.6 is 11.8 Å². The fourth-order valence-electron chi connectivity index (χ4n) is 4.22. The van der Waals surface area contributed by atoms with Crippen LogP contribution in [0.2, 0.25) is 0 Å². The molecule has 1 aliphatic heterocycles. The van der Waals surface area contributed by atoms with Gasteiger partial charge in [0, 0.05) is 24.8 Å². The third-order valence-corrected chi connectivity index (χ3v) is 7.37. The molecule has 1 amide bonds. The van der Waals surface area contributed by atoms with Crippen molar-refractivity contribution in [3.63, 3.8) is 0 Å². The molecule has 8 nitrogen and oxygen atoms in total. The largest absolute Gasteiger partial charge is 0.394 e. The molecule has 0 radical (unpaired) electrons. The maximum absolute atomic E-state index is 12.9. The fraction of sp³-hybridized carbons (Fsp3) is 0.577. The second kappa shape index (κ2) is 13.3. The van der Waals surface area contributed by atoms with E-state index in [2.05, 4.69) is 24.1 Å². The Kier molecular flexibility index (Phi) is 10.5. The first-order valence-corrected chi connectivity index (χ1v) is 13.5. The summed E-state index contributed by atoms with van der Waals surface area (Å²) in [6.07, 6.45) is 3.78. The van der Waals surface area contributed by atoms with Crippen molar-refractivity contribution in [2.75, 3.05) is 17.7 Å². The van der Waals surface area contributed by atoms with Crippen LogP contribution in [-0.2, 0) is 15.3 Å². The fourth-order valence-corrected chi connectivity index (χ4v) is 5.20. The molecule has 0 aliphatic carbocycles. The number of anilines is 1. The molecule has 0 bridgehead atoms. The van der Waals surface area contributed by atoms with E-state index in [1.807, 2.05) is 23.9 Å². The molecule has 2 heterocycles. The summed E-state index contributed by atoms with van der Waals surface area (Å²) in [6, 6.07) is 8.14. The molecule has 1 aromatic carbocycles. The molecule has 3 atom stereocenters. The van der Waals surface area contributed by atoms with E-state index in [4.69, 9.17) is 4.74 Å². The average Bonchev–Trinajstić information content (AvgIpc) is 3.19. The third-order valence-electron chi connectivity index (χ3n) is 6.26. The number of benzene rings is 1. The molecular formula is C26H36FN3O5S. The number of carbonyl (C=O) groups excluding carboxylic acids is 1. The number of thioether (sulfide) groups is 1. The van der Waals surface area contributed by atoms with Gasteiger partial charge in [-0.05, 0) is 47.8 Å². The number of hydrogen-bond acceptors (Lipinski definition) is 7. The Labute approximate surface area is 215 Å². The summed E-state index contributed by atoms with van der Waals surface area (Å²) in [6.45, 7) is 3.78. The number of unbranched alkanes of at least 4 members (excludes halogenated alkanes) is 2. The van der Waals surface area contributed by atoms with Crippen LogP contribution in [0.1, 0.15) is 64.2 Å². The summed E-state index contributed by atoms with van der Waals surface area (Å²) in [7, 11) is 0. The Bertz CT molecular complexity index is 1050. The summed E-state index contributed by atoms with van der Waals surface area (Å²) in [4.78, 5) is 28.9. The van der Waals surface area contributed by atoms with E-state index in [1.165, 1.54) is 29.0 Å². The van der Waals surface area contributed by atoms with E-state index in [0.717, 1.165) is 42.8 Å². The minimum absolute atomic E-state index is 0.174. The lowest BCUT2D eigenvalue weighted by Crippen LogP contribution is -2.29. The Hall–Kier alpha value is -2.27. The number of aromatic nitrogens is 2. The lowest BCUT2D eigenvalue weighted by molar-refractivity contribution is -0.118. The van der Waals surface area contributed by atoms with Crippen molar-refractivity contribution in [2.24, 2.45) is 5.41 Å². The van der Waals surface area contributed by atoms with Gasteiger partial charge in [-0.1, -0.05) is 38.8 Å².